The van der Waals surface area contributed by atoms with Crippen molar-refractivity contribution in [2.24, 2.45) is 0 Å². The number of anilines is 2. The number of thiazole rings is 1. The van der Waals surface area contributed by atoms with Crippen LogP contribution in [0.4, 0.5) is 10.8 Å². The first-order valence-electron chi connectivity index (χ1n) is 6.46. The first-order chi connectivity index (χ1) is 9.29. The van der Waals surface area contributed by atoms with Gasteiger partial charge in [-0.1, -0.05) is 18.2 Å². The van der Waals surface area contributed by atoms with E-state index in [1.165, 1.54) is 0 Å². The lowest BCUT2D eigenvalue weighted by Crippen LogP contribution is -2.21. The Morgan fingerprint density at radius 3 is 2.95 bits per heavy atom. The molecule has 100 valence electrons. The molecule has 0 aliphatic carbocycles. The summed E-state index contributed by atoms with van der Waals surface area (Å²) in [4.78, 5) is 6.82. The molecule has 1 aromatic heterocycles. The van der Waals surface area contributed by atoms with Crippen LogP contribution in [-0.4, -0.2) is 34.2 Å². The molecule has 1 fully saturated rings. The molecule has 0 unspecified atom stereocenters. The van der Waals surface area contributed by atoms with Gasteiger partial charge in [0.15, 0.2) is 5.13 Å². The molecule has 1 atom stereocenters. The third-order valence-corrected chi connectivity index (χ3v) is 4.02. The number of aliphatic hydroxyl groups excluding tert-OH is 1. The molecule has 4 nitrogen and oxygen atoms in total. The van der Waals surface area contributed by atoms with E-state index in [0.717, 1.165) is 42.6 Å². The summed E-state index contributed by atoms with van der Waals surface area (Å²) >= 11 is 1.62. The van der Waals surface area contributed by atoms with Gasteiger partial charge in [-0.05, 0) is 18.6 Å². The number of hydrogen-bond acceptors (Lipinski definition) is 5. The quantitative estimate of drug-likeness (QED) is 0.900. The molecule has 1 aliphatic rings. The Morgan fingerprint density at radius 1 is 1.37 bits per heavy atom. The number of para-hydroxylation sites is 1. The molecule has 3 rings (SSSR count). The Bertz CT molecular complexity index is 528. The van der Waals surface area contributed by atoms with E-state index in [1.54, 1.807) is 11.3 Å². The van der Waals surface area contributed by atoms with E-state index in [1.807, 2.05) is 30.3 Å². The van der Waals surface area contributed by atoms with Crippen LogP contribution < -0.4 is 5.32 Å². The second kappa shape index (κ2) is 5.69. The predicted octanol–water partition coefficient (Wildman–Crippen LogP) is 2.45. The molecule has 0 saturated carbocycles. The monoisotopic (exact) mass is 275 g/mol. The number of likely N-dealkylation sites (tertiary alicyclic amines) is 1. The largest absolute Gasteiger partial charge is 0.392 e. The van der Waals surface area contributed by atoms with Gasteiger partial charge >= 0.3 is 0 Å². The summed E-state index contributed by atoms with van der Waals surface area (Å²) in [6.45, 7) is 2.54. The summed E-state index contributed by atoms with van der Waals surface area (Å²) in [6.07, 6.45) is 0.708. The van der Waals surface area contributed by atoms with Crippen molar-refractivity contribution in [3.8, 4) is 0 Å². The van der Waals surface area contributed by atoms with Crippen molar-refractivity contribution in [2.75, 3.05) is 18.4 Å². The van der Waals surface area contributed by atoms with Crippen molar-refractivity contribution < 1.29 is 5.11 Å². The SMILES string of the molecule is O[C@H]1CCN(Cc2csc(Nc3ccccc3)n2)C1. The highest BCUT2D eigenvalue weighted by atomic mass is 32.1. The van der Waals surface area contributed by atoms with Crippen molar-refractivity contribution in [3.05, 3.63) is 41.4 Å². The highest BCUT2D eigenvalue weighted by Gasteiger charge is 2.20. The van der Waals surface area contributed by atoms with Crippen LogP contribution >= 0.6 is 11.3 Å². The summed E-state index contributed by atoms with van der Waals surface area (Å²) in [5, 5.41) is 15.8. The average molecular weight is 275 g/mol. The average Bonchev–Trinajstić information content (AvgIpc) is 3.01. The Hall–Kier alpha value is -1.43. The second-order valence-corrected chi connectivity index (χ2v) is 5.67. The van der Waals surface area contributed by atoms with E-state index in [0.29, 0.717) is 0 Å². The molecular weight excluding hydrogens is 258 g/mol. The zero-order valence-corrected chi connectivity index (χ0v) is 11.4. The number of nitrogens with one attached hydrogen (secondary N) is 1. The highest BCUT2D eigenvalue weighted by molar-refractivity contribution is 7.13. The van der Waals surface area contributed by atoms with Crippen molar-refractivity contribution in [1.29, 1.82) is 0 Å². The van der Waals surface area contributed by atoms with Gasteiger partial charge in [-0.2, -0.15) is 0 Å². The number of rotatable bonds is 4. The minimum absolute atomic E-state index is 0.166. The minimum atomic E-state index is -0.166. The van der Waals surface area contributed by atoms with Gasteiger partial charge in [-0.25, -0.2) is 4.98 Å². The fraction of sp³-hybridized carbons (Fsp3) is 0.357. The van der Waals surface area contributed by atoms with Gasteiger partial charge < -0.3 is 10.4 Å². The third kappa shape index (κ3) is 3.32. The fourth-order valence-electron chi connectivity index (χ4n) is 2.27. The standard InChI is InChI=1S/C14H17N3OS/c18-13-6-7-17(9-13)8-12-10-19-14(16-12)15-11-4-2-1-3-5-11/h1-5,10,13,18H,6-9H2,(H,15,16)/t13-/m0/s1. The number of nitrogens with zero attached hydrogens (tertiary/aromatic N) is 2. The summed E-state index contributed by atoms with van der Waals surface area (Å²) in [5.74, 6) is 0. The molecular formula is C14H17N3OS. The van der Waals surface area contributed by atoms with Crippen molar-refractivity contribution in [2.45, 2.75) is 19.1 Å². The van der Waals surface area contributed by atoms with Crippen LogP contribution in [0.25, 0.3) is 0 Å². The normalized spacial score (nSPS) is 19.7. The molecule has 19 heavy (non-hydrogen) atoms. The molecule has 0 amide bonds. The van der Waals surface area contributed by atoms with Gasteiger partial charge in [-0.15, -0.1) is 11.3 Å². The zero-order valence-electron chi connectivity index (χ0n) is 10.6. The van der Waals surface area contributed by atoms with Gasteiger partial charge in [-0.3, -0.25) is 4.90 Å². The predicted molar refractivity (Wildman–Crippen MR) is 77.7 cm³/mol. The second-order valence-electron chi connectivity index (χ2n) is 4.81. The van der Waals surface area contributed by atoms with Gasteiger partial charge in [0.25, 0.3) is 0 Å². The van der Waals surface area contributed by atoms with E-state index in [2.05, 4.69) is 20.6 Å². The maximum atomic E-state index is 9.51. The van der Waals surface area contributed by atoms with Crippen LogP contribution in [0.2, 0.25) is 0 Å². The summed E-state index contributed by atoms with van der Waals surface area (Å²) in [7, 11) is 0. The first kappa shape index (κ1) is 12.6. The van der Waals surface area contributed by atoms with Crippen LogP contribution in [0.15, 0.2) is 35.7 Å². The van der Waals surface area contributed by atoms with Crippen molar-refractivity contribution in [3.63, 3.8) is 0 Å². The molecule has 2 aromatic rings. The Morgan fingerprint density at radius 2 is 2.21 bits per heavy atom. The Balaban J connectivity index is 1.60. The highest BCUT2D eigenvalue weighted by Crippen LogP contribution is 2.22. The summed E-state index contributed by atoms with van der Waals surface area (Å²) in [5.41, 5.74) is 2.12. The Labute approximate surface area is 116 Å². The van der Waals surface area contributed by atoms with Gasteiger partial charge in [0.1, 0.15) is 0 Å². The fourth-order valence-corrected chi connectivity index (χ4v) is 2.99. The van der Waals surface area contributed by atoms with Gasteiger partial charge in [0.2, 0.25) is 0 Å². The number of aromatic nitrogens is 1. The van der Waals surface area contributed by atoms with Crippen LogP contribution in [0, 0.1) is 0 Å². The lowest BCUT2D eigenvalue weighted by atomic mass is 10.3. The summed E-state index contributed by atoms with van der Waals surface area (Å²) in [6, 6.07) is 10.1. The topological polar surface area (TPSA) is 48.4 Å². The number of β-amino-alcohol motifs (C(OH)–C–C–N with tert-alkyl or cyclic N) is 1. The van der Waals surface area contributed by atoms with Gasteiger partial charge in [0, 0.05) is 30.7 Å². The smallest absolute Gasteiger partial charge is 0.187 e. The molecule has 5 heteroatoms. The molecule has 0 radical (unpaired) electrons. The van der Waals surface area contributed by atoms with E-state index in [4.69, 9.17) is 0 Å². The Kier molecular flexibility index (Phi) is 3.77. The van der Waals surface area contributed by atoms with Gasteiger partial charge in [0.05, 0.1) is 11.8 Å². The van der Waals surface area contributed by atoms with Crippen molar-refractivity contribution >= 4 is 22.2 Å². The van der Waals surface area contributed by atoms with E-state index in [9.17, 15) is 5.11 Å². The molecule has 1 saturated heterocycles. The number of aliphatic hydroxyl groups is 1. The van der Waals surface area contributed by atoms with Crippen molar-refractivity contribution in [1.82, 2.24) is 9.88 Å². The lowest BCUT2D eigenvalue weighted by molar-refractivity contribution is 0.174. The summed E-state index contributed by atoms with van der Waals surface area (Å²) < 4.78 is 0. The van der Waals surface area contributed by atoms with Crippen LogP contribution in [0.5, 0.6) is 0 Å². The van der Waals surface area contributed by atoms with Crippen LogP contribution in [0.1, 0.15) is 12.1 Å². The first-order valence-corrected chi connectivity index (χ1v) is 7.34. The maximum absolute atomic E-state index is 9.51. The zero-order chi connectivity index (χ0) is 13.1. The van der Waals surface area contributed by atoms with Crippen LogP contribution in [0.3, 0.4) is 0 Å². The number of benzene rings is 1. The minimum Gasteiger partial charge on any atom is -0.392 e. The molecule has 0 spiro atoms. The lowest BCUT2D eigenvalue weighted by Gasteiger charge is -2.12. The third-order valence-electron chi connectivity index (χ3n) is 3.21. The van der Waals surface area contributed by atoms with E-state index in [-0.39, 0.29) is 6.10 Å². The number of hydrogen-bond donors (Lipinski definition) is 2. The van der Waals surface area contributed by atoms with E-state index >= 15 is 0 Å². The molecule has 1 aliphatic heterocycles. The molecule has 1 aromatic carbocycles. The molecule has 2 N–H and O–H groups in total. The maximum Gasteiger partial charge on any atom is 0.187 e. The molecule has 0 bridgehead atoms. The van der Waals surface area contributed by atoms with E-state index < -0.39 is 0 Å². The molecule has 2 heterocycles. The van der Waals surface area contributed by atoms with Crippen LogP contribution in [-0.2, 0) is 6.54 Å².